The van der Waals surface area contributed by atoms with Crippen LogP contribution >= 0.6 is 0 Å². The Labute approximate surface area is 83.6 Å². The largest absolute Gasteiger partial charge is 0.0767 e. The second-order valence-electron chi connectivity index (χ2n) is 0.962. The van der Waals surface area contributed by atoms with E-state index in [2.05, 4.69) is 19.7 Å². The maximum Gasteiger partial charge on any atom is 0.00506 e. The van der Waals surface area contributed by atoms with Gasteiger partial charge in [-0.15, -0.1) is 0 Å². The fourth-order valence-corrected chi connectivity index (χ4v) is 0.321. The van der Waals surface area contributed by atoms with Gasteiger partial charge in [0.1, 0.15) is 0 Å². The first kappa shape index (κ1) is 22.5. The number of rotatable bonds is 0. The van der Waals surface area contributed by atoms with E-state index in [1.54, 1.807) is 0 Å². The van der Waals surface area contributed by atoms with Crippen LogP contribution in [0.3, 0.4) is 0 Å². The van der Waals surface area contributed by atoms with Gasteiger partial charge in [-0.1, -0.05) is 24.3 Å². The number of hydrogen-bond donors (Lipinski definition) is 0. The summed E-state index contributed by atoms with van der Waals surface area (Å²) in [7, 11) is 0. The summed E-state index contributed by atoms with van der Waals surface area (Å²) in [6, 6.07) is 0. The average molecular weight is 202 g/mol. The van der Waals surface area contributed by atoms with E-state index < -0.39 is 0 Å². The molecule has 0 aliphatic heterocycles. The number of hydrogen-bond acceptors (Lipinski definition) is 0. The summed E-state index contributed by atoms with van der Waals surface area (Å²) in [5.74, 6) is 0. The molecule has 0 fully saturated rings. The zero-order chi connectivity index (χ0) is 9.54. The fourth-order valence-electron chi connectivity index (χ4n) is 0.321. The molecular formula is C9H6FeO2-. The van der Waals surface area contributed by atoms with Gasteiger partial charge in [-0.3, -0.25) is 0 Å². The van der Waals surface area contributed by atoms with Gasteiger partial charge in [0.25, 0.3) is 0 Å². The summed E-state index contributed by atoms with van der Waals surface area (Å²) < 4.78 is 15.0. The summed E-state index contributed by atoms with van der Waals surface area (Å²) >= 11 is 0. The van der Waals surface area contributed by atoms with Gasteiger partial charge in [-0.05, 0) is 0 Å². The molecule has 1 aliphatic rings. The van der Waals surface area contributed by atoms with Gasteiger partial charge in [0.15, 0.2) is 0 Å². The number of terminal acetylenes is 1. The first-order valence-electron chi connectivity index (χ1n) is 2.36. The summed E-state index contributed by atoms with van der Waals surface area (Å²) in [4.78, 5) is 0. The van der Waals surface area contributed by atoms with Crippen LogP contribution in [0.2, 0.25) is 0 Å². The molecule has 1 rings (SSSR count). The quantitative estimate of drug-likeness (QED) is 0.247. The SMILES string of the molecule is [C-]#C.[C-]#[O+].[C-]#[O+].[CH]1C=CC=C1.[Fe]. The van der Waals surface area contributed by atoms with Crippen molar-refractivity contribution >= 4 is 0 Å². The Morgan fingerprint density at radius 1 is 0.750 bits per heavy atom. The van der Waals surface area contributed by atoms with E-state index >= 15 is 0 Å². The van der Waals surface area contributed by atoms with Crippen molar-refractivity contribution < 1.29 is 26.4 Å². The molecule has 0 aromatic carbocycles. The van der Waals surface area contributed by atoms with Crippen molar-refractivity contribution in [1.82, 2.24) is 0 Å². The van der Waals surface area contributed by atoms with E-state index in [1.807, 2.05) is 30.7 Å². The van der Waals surface area contributed by atoms with Gasteiger partial charge < -0.3 is 12.8 Å². The fraction of sp³-hybridized carbons (Fsp3) is 0. The summed E-state index contributed by atoms with van der Waals surface area (Å²) in [5, 5.41) is 0. The average Bonchev–Trinajstić information content (AvgIpc) is 2.71. The zero-order valence-corrected chi connectivity index (χ0v) is 7.24. The van der Waals surface area contributed by atoms with Crippen LogP contribution in [0, 0.1) is 32.6 Å². The molecule has 12 heavy (non-hydrogen) atoms. The van der Waals surface area contributed by atoms with Gasteiger partial charge in [-0.2, -0.15) is 0 Å². The Morgan fingerprint density at radius 2 is 1.00 bits per heavy atom. The molecule has 0 unspecified atom stereocenters. The van der Waals surface area contributed by atoms with E-state index in [0.29, 0.717) is 0 Å². The van der Waals surface area contributed by atoms with Crippen molar-refractivity contribution in [3.63, 3.8) is 0 Å². The molecule has 2 nitrogen and oxygen atoms in total. The second-order valence-corrected chi connectivity index (χ2v) is 0.962. The van der Waals surface area contributed by atoms with E-state index in [0.717, 1.165) is 0 Å². The Balaban J connectivity index is -0.0000000406. The van der Waals surface area contributed by atoms with Gasteiger partial charge in [0.2, 0.25) is 0 Å². The first-order valence-corrected chi connectivity index (χ1v) is 2.36. The van der Waals surface area contributed by atoms with Crippen LogP contribution in [0.4, 0.5) is 0 Å². The van der Waals surface area contributed by atoms with Gasteiger partial charge in [0, 0.05) is 23.5 Å². The summed E-state index contributed by atoms with van der Waals surface area (Å²) in [6.07, 6.45) is 19.0. The molecule has 0 amide bonds. The zero-order valence-electron chi connectivity index (χ0n) is 6.13. The summed E-state index contributed by atoms with van der Waals surface area (Å²) in [5.41, 5.74) is 0. The maximum atomic E-state index is 7.50. The van der Waals surface area contributed by atoms with Gasteiger partial charge >= 0.3 is 22.6 Å². The third-order valence-electron chi connectivity index (χ3n) is 0.556. The van der Waals surface area contributed by atoms with Crippen molar-refractivity contribution in [2.75, 3.05) is 0 Å². The summed E-state index contributed by atoms with van der Waals surface area (Å²) in [6.45, 7) is 9.00. The van der Waals surface area contributed by atoms with Crippen molar-refractivity contribution in [3.8, 4) is 6.42 Å². The van der Waals surface area contributed by atoms with Crippen LogP contribution in [0.1, 0.15) is 0 Å². The molecule has 3 heteroatoms. The van der Waals surface area contributed by atoms with Crippen molar-refractivity contribution in [2.24, 2.45) is 0 Å². The van der Waals surface area contributed by atoms with Crippen LogP contribution in [0.5, 0.6) is 0 Å². The molecule has 1 aliphatic carbocycles. The molecule has 0 spiro atoms. The van der Waals surface area contributed by atoms with Crippen molar-refractivity contribution in [2.45, 2.75) is 0 Å². The Bertz CT molecular complexity index is 139. The minimum absolute atomic E-state index is 0. The molecule has 0 aromatic rings. The molecule has 0 bridgehead atoms. The van der Waals surface area contributed by atoms with E-state index in [9.17, 15) is 0 Å². The van der Waals surface area contributed by atoms with Crippen LogP contribution < -0.4 is 0 Å². The molecule has 0 saturated heterocycles. The third kappa shape index (κ3) is 35.8. The van der Waals surface area contributed by atoms with Crippen molar-refractivity contribution in [1.29, 1.82) is 0 Å². The normalized spacial score (nSPS) is 7.83. The number of allylic oxidation sites excluding steroid dienone is 4. The van der Waals surface area contributed by atoms with Crippen LogP contribution in [0.25, 0.3) is 0 Å². The Kier molecular flexibility index (Phi) is 94.1. The van der Waals surface area contributed by atoms with Gasteiger partial charge in [0.05, 0.1) is 0 Å². The van der Waals surface area contributed by atoms with Crippen LogP contribution in [0.15, 0.2) is 24.3 Å². The minimum Gasteiger partial charge on any atom is -0.0767 e. The molecule has 0 atom stereocenters. The van der Waals surface area contributed by atoms with Crippen molar-refractivity contribution in [3.05, 3.63) is 50.4 Å². The molecule has 63 valence electrons. The standard InChI is InChI=1S/C5H5.C2H.2CO.Fe/c1-2-4-5-3-1;3*1-2;/h1-5H;1H;;;/q;-1;;;. The second kappa shape index (κ2) is 50.3. The third-order valence-corrected chi connectivity index (χ3v) is 0.556. The monoisotopic (exact) mass is 202 g/mol. The predicted molar refractivity (Wildman–Crippen MR) is 38.6 cm³/mol. The molecule has 0 aromatic heterocycles. The molecule has 0 N–H and O–H groups in total. The van der Waals surface area contributed by atoms with Crippen LogP contribution in [-0.2, 0) is 26.4 Å². The smallest absolute Gasteiger partial charge is 0.00506 e. The Hall–Kier alpha value is -0.961. The molecule has 0 heterocycles. The topological polar surface area (TPSA) is 39.8 Å². The maximum absolute atomic E-state index is 7.50. The first-order chi connectivity index (χ1) is 5.50. The van der Waals surface area contributed by atoms with Gasteiger partial charge in [-0.25, -0.2) is 0 Å². The molecule has 0 saturated carbocycles. The minimum atomic E-state index is 0. The van der Waals surface area contributed by atoms with E-state index in [4.69, 9.17) is 15.7 Å². The molecule has 1 radical (unpaired) electrons. The Morgan fingerprint density at radius 3 is 1.08 bits per heavy atom. The van der Waals surface area contributed by atoms with Crippen LogP contribution in [-0.4, -0.2) is 0 Å². The van der Waals surface area contributed by atoms with E-state index in [1.165, 1.54) is 0 Å². The molecular weight excluding hydrogens is 196 g/mol. The van der Waals surface area contributed by atoms with E-state index in [-0.39, 0.29) is 17.1 Å². The predicted octanol–water partition coefficient (Wildman–Crippen LogP) is 1.45.